The van der Waals surface area contributed by atoms with E-state index in [-0.39, 0.29) is 11.8 Å². The lowest BCUT2D eigenvalue weighted by molar-refractivity contribution is -0.116. The van der Waals surface area contributed by atoms with Crippen LogP contribution in [-0.2, 0) is 11.3 Å². The summed E-state index contributed by atoms with van der Waals surface area (Å²) in [6.45, 7) is 10.4. The highest BCUT2D eigenvalue weighted by molar-refractivity contribution is 6.07. The first-order valence-corrected chi connectivity index (χ1v) is 8.99. The highest BCUT2D eigenvalue weighted by atomic mass is 16.3. The van der Waals surface area contributed by atoms with Gasteiger partial charge in [-0.05, 0) is 31.5 Å². The van der Waals surface area contributed by atoms with Crippen LogP contribution in [0.5, 0.6) is 5.88 Å². The zero-order chi connectivity index (χ0) is 18.8. The summed E-state index contributed by atoms with van der Waals surface area (Å²) in [6.07, 6.45) is 3.59. The number of aromatic hydroxyl groups is 1. The van der Waals surface area contributed by atoms with Crippen molar-refractivity contribution in [2.75, 3.05) is 11.4 Å². The fraction of sp³-hybridized carbons (Fsp3) is 0.333. The first kappa shape index (κ1) is 18.0. The maximum absolute atomic E-state index is 12.2. The van der Waals surface area contributed by atoms with Gasteiger partial charge in [0.15, 0.2) is 0 Å². The second kappa shape index (κ2) is 7.20. The minimum absolute atomic E-state index is 0.0880. The van der Waals surface area contributed by atoms with Crippen LogP contribution in [0, 0.1) is 6.92 Å². The van der Waals surface area contributed by atoms with E-state index in [0.717, 1.165) is 34.7 Å². The average molecular weight is 351 g/mol. The molecule has 0 fully saturated rings. The lowest BCUT2D eigenvalue weighted by Gasteiger charge is -2.19. The fourth-order valence-electron chi connectivity index (χ4n) is 3.31. The number of fused-ring (bicyclic) bond motifs is 2. The minimum Gasteiger partial charge on any atom is -0.493 e. The van der Waals surface area contributed by atoms with Gasteiger partial charge in [-0.1, -0.05) is 31.1 Å². The largest absolute Gasteiger partial charge is 0.493 e. The number of anilines is 1. The molecule has 0 unspecified atom stereocenters. The van der Waals surface area contributed by atoms with Crippen molar-refractivity contribution in [2.45, 2.75) is 40.2 Å². The molecule has 136 valence electrons. The van der Waals surface area contributed by atoms with Gasteiger partial charge in [0.1, 0.15) is 11.3 Å². The molecule has 0 bridgehead atoms. The molecular weight excluding hydrogens is 326 g/mol. The number of benzene rings is 1. The molecule has 5 heteroatoms. The third-order valence-corrected chi connectivity index (χ3v) is 4.63. The van der Waals surface area contributed by atoms with Crippen molar-refractivity contribution < 1.29 is 9.90 Å². The number of hydrogen-bond donors (Lipinski definition) is 1. The Morgan fingerprint density at radius 2 is 2.15 bits per heavy atom. The van der Waals surface area contributed by atoms with E-state index in [4.69, 9.17) is 4.98 Å². The fourth-order valence-corrected chi connectivity index (χ4v) is 3.31. The smallest absolute Gasteiger partial charge is 0.224 e. The summed E-state index contributed by atoms with van der Waals surface area (Å²) in [7, 11) is 0. The molecule has 1 aromatic carbocycles. The number of aromatic nitrogens is 2. The number of rotatable bonds is 6. The van der Waals surface area contributed by atoms with Crippen LogP contribution in [0.4, 0.5) is 5.69 Å². The number of aryl methyl sites for hydroxylation is 2. The third kappa shape index (κ3) is 3.05. The predicted octanol–water partition coefficient (Wildman–Crippen LogP) is 4.54. The first-order chi connectivity index (χ1) is 12.5. The van der Waals surface area contributed by atoms with Crippen molar-refractivity contribution in [3.05, 3.63) is 42.5 Å². The monoisotopic (exact) mass is 351 g/mol. The van der Waals surface area contributed by atoms with E-state index < -0.39 is 0 Å². The number of nitrogens with zero attached hydrogens (tertiary/aromatic N) is 3. The van der Waals surface area contributed by atoms with Crippen LogP contribution in [0.25, 0.3) is 21.9 Å². The average Bonchev–Trinajstić information content (AvgIpc) is 2.86. The van der Waals surface area contributed by atoms with E-state index in [1.807, 2.05) is 29.7 Å². The van der Waals surface area contributed by atoms with Crippen LogP contribution in [0.3, 0.4) is 0 Å². The number of unbranched alkanes of at least 4 members (excludes halogenated alkanes) is 1. The van der Waals surface area contributed by atoms with Gasteiger partial charge in [0, 0.05) is 30.8 Å². The lowest BCUT2D eigenvalue weighted by atomic mass is 10.1. The first-order valence-electron chi connectivity index (χ1n) is 8.99. The quantitative estimate of drug-likeness (QED) is 0.663. The number of amides is 1. The summed E-state index contributed by atoms with van der Waals surface area (Å²) >= 11 is 0. The van der Waals surface area contributed by atoms with Crippen molar-refractivity contribution in [1.82, 2.24) is 9.55 Å². The molecule has 5 nitrogen and oxygen atoms in total. The van der Waals surface area contributed by atoms with Gasteiger partial charge >= 0.3 is 0 Å². The molecule has 0 aliphatic heterocycles. The molecular formula is C21H25N3O2. The zero-order valence-electron chi connectivity index (χ0n) is 15.6. The molecule has 3 aromatic rings. The number of hydrogen-bond acceptors (Lipinski definition) is 3. The summed E-state index contributed by atoms with van der Waals surface area (Å²) < 4.78 is 1.81. The molecule has 2 heterocycles. The minimum atomic E-state index is -0.140. The summed E-state index contributed by atoms with van der Waals surface area (Å²) in [5, 5.41) is 12.7. The second-order valence-electron chi connectivity index (χ2n) is 6.65. The lowest BCUT2D eigenvalue weighted by Crippen LogP contribution is -2.28. The van der Waals surface area contributed by atoms with Gasteiger partial charge in [0.25, 0.3) is 0 Å². The molecule has 2 aromatic heterocycles. The summed E-state index contributed by atoms with van der Waals surface area (Å²) in [5.74, 6) is -0.0518. The maximum Gasteiger partial charge on any atom is 0.224 e. The molecule has 0 atom stereocenters. The number of pyridine rings is 1. The van der Waals surface area contributed by atoms with Crippen LogP contribution in [0.15, 0.2) is 36.9 Å². The molecule has 1 amide bonds. The molecule has 3 rings (SSSR count). The topological polar surface area (TPSA) is 58.4 Å². The van der Waals surface area contributed by atoms with Crippen molar-refractivity contribution in [3.8, 4) is 5.88 Å². The van der Waals surface area contributed by atoms with Gasteiger partial charge in [-0.2, -0.15) is 0 Å². The van der Waals surface area contributed by atoms with Crippen LogP contribution >= 0.6 is 0 Å². The predicted molar refractivity (Wildman–Crippen MR) is 107 cm³/mol. The molecule has 0 saturated heterocycles. The highest BCUT2D eigenvalue weighted by Gasteiger charge is 2.24. The van der Waals surface area contributed by atoms with E-state index in [0.29, 0.717) is 24.4 Å². The Morgan fingerprint density at radius 3 is 2.81 bits per heavy atom. The molecule has 0 radical (unpaired) electrons. The molecule has 0 aliphatic carbocycles. The van der Waals surface area contributed by atoms with Crippen molar-refractivity contribution in [3.63, 3.8) is 0 Å². The van der Waals surface area contributed by atoms with Crippen LogP contribution < -0.4 is 4.90 Å². The van der Waals surface area contributed by atoms with Crippen LogP contribution in [0.1, 0.15) is 32.3 Å². The SMILES string of the molecule is C=CCN(C(C)=O)c1c(O)n(CCCC)c2nc3ccc(C)cc3cc12. The Balaban J connectivity index is 2.35. The maximum atomic E-state index is 12.2. The van der Waals surface area contributed by atoms with E-state index >= 15 is 0 Å². The van der Waals surface area contributed by atoms with Crippen molar-refractivity contribution >= 4 is 33.5 Å². The second-order valence-corrected chi connectivity index (χ2v) is 6.65. The zero-order valence-corrected chi connectivity index (χ0v) is 15.6. The number of carbonyl (C=O) groups is 1. The van der Waals surface area contributed by atoms with Crippen molar-refractivity contribution in [1.29, 1.82) is 0 Å². The van der Waals surface area contributed by atoms with Gasteiger partial charge in [-0.15, -0.1) is 6.58 Å². The van der Waals surface area contributed by atoms with Gasteiger partial charge in [0.2, 0.25) is 11.8 Å². The van der Waals surface area contributed by atoms with Gasteiger partial charge in [0.05, 0.1) is 5.52 Å². The molecule has 0 saturated carbocycles. The van der Waals surface area contributed by atoms with Gasteiger partial charge in [-0.25, -0.2) is 4.98 Å². The third-order valence-electron chi connectivity index (χ3n) is 4.63. The van der Waals surface area contributed by atoms with E-state index in [2.05, 4.69) is 19.6 Å². The standard InChI is InChI=1S/C21H25N3O2/c1-5-7-11-24-20-17(13-16-12-14(3)8-9-18(16)22-20)19(21(24)26)23(10-6-2)15(4)25/h6,8-9,12-13,26H,2,5,7,10-11H2,1,3-4H3. The Kier molecular flexibility index (Phi) is 4.98. The summed E-state index contributed by atoms with van der Waals surface area (Å²) in [6, 6.07) is 8.10. The molecule has 0 spiro atoms. The molecule has 1 N–H and O–H groups in total. The van der Waals surface area contributed by atoms with Crippen LogP contribution in [0.2, 0.25) is 0 Å². The van der Waals surface area contributed by atoms with Crippen LogP contribution in [-0.4, -0.2) is 27.1 Å². The van der Waals surface area contributed by atoms with Crippen molar-refractivity contribution in [2.24, 2.45) is 0 Å². The summed E-state index contributed by atoms with van der Waals surface area (Å²) in [4.78, 5) is 18.6. The van der Waals surface area contributed by atoms with Gasteiger partial charge in [-0.3, -0.25) is 9.36 Å². The highest BCUT2D eigenvalue weighted by Crippen LogP contribution is 2.40. The van der Waals surface area contributed by atoms with E-state index in [1.54, 1.807) is 11.0 Å². The Hall–Kier alpha value is -2.82. The summed E-state index contributed by atoms with van der Waals surface area (Å²) in [5.41, 5.74) is 3.24. The van der Waals surface area contributed by atoms with Gasteiger partial charge < -0.3 is 10.0 Å². The molecule has 26 heavy (non-hydrogen) atoms. The number of carbonyl (C=O) groups excluding carboxylic acids is 1. The Morgan fingerprint density at radius 1 is 1.38 bits per heavy atom. The Bertz CT molecular complexity index is 988. The Labute approximate surface area is 153 Å². The molecule has 0 aliphatic rings. The normalized spacial score (nSPS) is 11.2. The van der Waals surface area contributed by atoms with E-state index in [1.165, 1.54) is 6.92 Å². The van der Waals surface area contributed by atoms with E-state index in [9.17, 15) is 9.90 Å².